The Morgan fingerprint density at radius 2 is 2.00 bits per heavy atom. The maximum absolute atomic E-state index is 12.3. The lowest BCUT2D eigenvalue weighted by Crippen LogP contribution is -2.23. The van der Waals surface area contributed by atoms with Gasteiger partial charge in [0.1, 0.15) is 5.75 Å². The van der Waals surface area contributed by atoms with Crippen LogP contribution in [-0.4, -0.2) is 26.5 Å². The number of rotatable bonds is 4. The summed E-state index contributed by atoms with van der Waals surface area (Å²) in [6.07, 6.45) is 0.451. The SMILES string of the molecule is NC(c1ccccc1OC(F)F)C1CCS(=O)(=O)C1. The number of sulfone groups is 1. The molecule has 0 amide bonds. The van der Waals surface area contributed by atoms with Crippen LogP contribution in [0, 0.1) is 5.92 Å². The molecule has 19 heavy (non-hydrogen) atoms. The molecule has 1 fully saturated rings. The van der Waals surface area contributed by atoms with Crippen LogP contribution in [0.4, 0.5) is 8.78 Å². The van der Waals surface area contributed by atoms with E-state index in [9.17, 15) is 17.2 Å². The second-order valence-electron chi connectivity index (χ2n) is 4.61. The molecule has 2 atom stereocenters. The minimum Gasteiger partial charge on any atom is -0.434 e. The maximum atomic E-state index is 12.3. The molecule has 0 saturated carbocycles. The van der Waals surface area contributed by atoms with Gasteiger partial charge in [0, 0.05) is 11.6 Å². The van der Waals surface area contributed by atoms with Gasteiger partial charge >= 0.3 is 6.61 Å². The smallest absolute Gasteiger partial charge is 0.387 e. The molecule has 7 heteroatoms. The Hall–Kier alpha value is -1.21. The zero-order valence-corrected chi connectivity index (χ0v) is 10.9. The molecule has 1 aliphatic rings. The van der Waals surface area contributed by atoms with Crippen molar-refractivity contribution in [3.05, 3.63) is 29.8 Å². The lowest BCUT2D eigenvalue weighted by molar-refractivity contribution is -0.0507. The van der Waals surface area contributed by atoms with Gasteiger partial charge in [-0.15, -0.1) is 0 Å². The minimum absolute atomic E-state index is 0.00280. The van der Waals surface area contributed by atoms with Crippen molar-refractivity contribution in [1.82, 2.24) is 0 Å². The third-order valence-electron chi connectivity index (χ3n) is 3.27. The normalized spacial score (nSPS) is 23.5. The molecule has 1 aromatic rings. The van der Waals surface area contributed by atoms with Gasteiger partial charge in [-0.25, -0.2) is 8.42 Å². The van der Waals surface area contributed by atoms with Crippen molar-refractivity contribution in [2.24, 2.45) is 11.7 Å². The highest BCUT2D eigenvalue weighted by Gasteiger charge is 2.33. The first-order chi connectivity index (χ1) is 8.89. The summed E-state index contributed by atoms with van der Waals surface area (Å²) in [7, 11) is -3.05. The molecule has 1 aromatic carbocycles. The predicted octanol–water partition coefficient (Wildman–Crippen LogP) is 1.72. The zero-order valence-electron chi connectivity index (χ0n) is 10.1. The van der Waals surface area contributed by atoms with Crippen molar-refractivity contribution < 1.29 is 21.9 Å². The summed E-state index contributed by atoms with van der Waals surface area (Å²) >= 11 is 0. The quantitative estimate of drug-likeness (QED) is 0.917. The Morgan fingerprint density at radius 3 is 2.58 bits per heavy atom. The van der Waals surface area contributed by atoms with E-state index in [-0.39, 0.29) is 23.2 Å². The summed E-state index contributed by atoms with van der Waals surface area (Å²) in [5.74, 6) is -0.151. The Morgan fingerprint density at radius 1 is 1.32 bits per heavy atom. The number of nitrogens with two attached hydrogens (primary N) is 1. The van der Waals surface area contributed by atoms with Crippen LogP contribution < -0.4 is 10.5 Å². The molecule has 1 aliphatic heterocycles. The van der Waals surface area contributed by atoms with E-state index in [0.29, 0.717) is 12.0 Å². The van der Waals surface area contributed by atoms with Gasteiger partial charge in [0.15, 0.2) is 9.84 Å². The first kappa shape index (κ1) is 14.2. The van der Waals surface area contributed by atoms with Gasteiger partial charge in [0.05, 0.1) is 11.5 Å². The Kier molecular flexibility index (Phi) is 4.05. The summed E-state index contributed by atoms with van der Waals surface area (Å²) in [5.41, 5.74) is 6.43. The van der Waals surface area contributed by atoms with Gasteiger partial charge in [-0.3, -0.25) is 0 Å². The van der Waals surface area contributed by atoms with Gasteiger partial charge in [0.2, 0.25) is 0 Å². The van der Waals surface area contributed by atoms with Crippen LogP contribution in [-0.2, 0) is 9.84 Å². The van der Waals surface area contributed by atoms with E-state index in [1.165, 1.54) is 6.07 Å². The lowest BCUT2D eigenvalue weighted by Gasteiger charge is -2.21. The fourth-order valence-corrected chi connectivity index (χ4v) is 4.18. The van der Waals surface area contributed by atoms with Crippen LogP contribution in [0.2, 0.25) is 0 Å². The van der Waals surface area contributed by atoms with Gasteiger partial charge in [0.25, 0.3) is 0 Å². The van der Waals surface area contributed by atoms with Crippen molar-refractivity contribution in [3.8, 4) is 5.75 Å². The van der Waals surface area contributed by atoms with E-state index in [0.717, 1.165) is 0 Å². The molecular formula is C12H15F2NO3S. The summed E-state index contributed by atoms with van der Waals surface area (Å²) in [5, 5.41) is 0. The molecule has 1 heterocycles. The topological polar surface area (TPSA) is 69.4 Å². The lowest BCUT2D eigenvalue weighted by atomic mass is 9.93. The largest absolute Gasteiger partial charge is 0.434 e. The average Bonchev–Trinajstić information content (AvgIpc) is 2.69. The third kappa shape index (κ3) is 3.42. The summed E-state index contributed by atoms with van der Waals surface area (Å²) in [6.45, 7) is -2.93. The van der Waals surface area contributed by atoms with Crippen LogP contribution in [0.5, 0.6) is 5.75 Å². The van der Waals surface area contributed by atoms with Crippen molar-refractivity contribution in [2.75, 3.05) is 11.5 Å². The van der Waals surface area contributed by atoms with Gasteiger partial charge < -0.3 is 10.5 Å². The molecule has 0 aliphatic carbocycles. The van der Waals surface area contributed by atoms with Gasteiger partial charge in [-0.2, -0.15) is 8.78 Å². The highest BCUT2D eigenvalue weighted by molar-refractivity contribution is 7.91. The Labute approximate surface area is 110 Å². The third-order valence-corrected chi connectivity index (χ3v) is 5.06. The molecule has 2 N–H and O–H groups in total. The number of halogens is 2. The zero-order chi connectivity index (χ0) is 14.0. The number of hydrogen-bond donors (Lipinski definition) is 1. The molecule has 0 bridgehead atoms. The Bertz CT molecular complexity index is 548. The van der Waals surface area contributed by atoms with E-state index in [1.807, 2.05) is 0 Å². The van der Waals surface area contributed by atoms with E-state index in [4.69, 9.17) is 5.73 Å². The van der Waals surface area contributed by atoms with Crippen LogP contribution in [0.3, 0.4) is 0 Å². The minimum atomic E-state index is -3.05. The molecule has 2 unspecified atom stereocenters. The molecule has 106 valence electrons. The molecule has 0 radical (unpaired) electrons. The van der Waals surface area contributed by atoms with E-state index in [2.05, 4.69) is 4.74 Å². The number of para-hydroxylation sites is 1. The predicted molar refractivity (Wildman–Crippen MR) is 66.8 cm³/mol. The molecule has 0 aromatic heterocycles. The van der Waals surface area contributed by atoms with E-state index in [1.54, 1.807) is 18.2 Å². The number of benzene rings is 1. The fraction of sp³-hybridized carbons (Fsp3) is 0.500. The number of alkyl halides is 2. The number of ether oxygens (including phenoxy) is 1. The second kappa shape index (κ2) is 5.42. The van der Waals surface area contributed by atoms with Crippen molar-refractivity contribution in [1.29, 1.82) is 0 Å². The van der Waals surface area contributed by atoms with Gasteiger partial charge in [-0.05, 0) is 18.4 Å². The number of hydrogen-bond acceptors (Lipinski definition) is 4. The van der Waals surface area contributed by atoms with Crippen molar-refractivity contribution in [3.63, 3.8) is 0 Å². The summed E-state index contributed by atoms with van der Waals surface area (Å²) in [6, 6.07) is 5.61. The van der Waals surface area contributed by atoms with Gasteiger partial charge in [-0.1, -0.05) is 18.2 Å². The molecule has 2 rings (SSSR count). The highest BCUT2D eigenvalue weighted by Crippen LogP contribution is 2.34. The second-order valence-corrected chi connectivity index (χ2v) is 6.83. The summed E-state index contributed by atoms with van der Waals surface area (Å²) < 4.78 is 51.9. The standard InChI is InChI=1S/C12H15F2NO3S/c13-12(14)18-10-4-2-1-3-9(10)11(15)8-5-6-19(16,17)7-8/h1-4,8,11-12H,5-7,15H2. The molecule has 1 saturated heterocycles. The molecule has 4 nitrogen and oxygen atoms in total. The fourth-order valence-electron chi connectivity index (χ4n) is 2.32. The van der Waals surface area contributed by atoms with Crippen molar-refractivity contribution >= 4 is 9.84 Å². The molecular weight excluding hydrogens is 276 g/mol. The molecule has 0 spiro atoms. The highest BCUT2D eigenvalue weighted by atomic mass is 32.2. The van der Waals surface area contributed by atoms with Crippen LogP contribution in [0.1, 0.15) is 18.0 Å². The first-order valence-corrected chi connectivity index (χ1v) is 7.71. The van der Waals surface area contributed by atoms with Crippen LogP contribution in [0.15, 0.2) is 24.3 Å². The average molecular weight is 291 g/mol. The maximum Gasteiger partial charge on any atom is 0.387 e. The monoisotopic (exact) mass is 291 g/mol. The van der Waals surface area contributed by atoms with Crippen LogP contribution in [0.25, 0.3) is 0 Å². The van der Waals surface area contributed by atoms with E-state index < -0.39 is 22.5 Å². The van der Waals surface area contributed by atoms with E-state index >= 15 is 0 Å². The first-order valence-electron chi connectivity index (χ1n) is 5.89. The van der Waals surface area contributed by atoms with Crippen molar-refractivity contribution in [2.45, 2.75) is 19.1 Å². The van der Waals surface area contributed by atoms with Crippen LogP contribution >= 0.6 is 0 Å². The summed E-state index contributed by atoms with van der Waals surface area (Å²) in [4.78, 5) is 0. The Balaban J connectivity index is 2.22.